The van der Waals surface area contributed by atoms with E-state index in [4.69, 9.17) is 11.6 Å². The number of halogens is 1. The Balaban J connectivity index is 2.57. The lowest BCUT2D eigenvalue weighted by Gasteiger charge is -2.15. The van der Waals surface area contributed by atoms with Crippen LogP contribution in [0, 0.1) is 0 Å². The van der Waals surface area contributed by atoms with Crippen LogP contribution in [0.25, 0.3) is 0 Å². The third-order valence-electron chi connectivity index (χ3n) is 2.00. The van der Waals surface area contributed by atoms with Crippen LogP contribution in [0.1, 0.15) is 24.3 Å². The summed E-state index contributed by atoms with van der Waals surface area (Å²) in [7, 11) is 0. The van der Waals surface area contributed by atoms with Gasteiger partial charge in [0.05, 0.1) is 4.34 Å². The number of rotatable bonds is 6. The summed E-state index contributed by atoms with van der Waals surface area (Å²) in [5.74, 6) is 1.19. The third-order valence-corrected chi connectivity index (χ3v) is 3.99. The first-order chi connectivity index (χ1) is 6.77. The second-order valence-electron chi connectivity index (χ2n) is 3.03. The lowest BCUT2D eigenvalue weighted by atomic mass is 10.2. The predicted molar refractivity (Wildman–Crippen MR) is 68.7 cm³/mol. The van der Waals surface area contributed by atoms with Crippen molar-refractivity contribution in [2.75, 3.05) is 18.6 Å². The molecule has 0 aromatic carbocycles. The van der Waals surface area contributed by atoms with Gasteiger partial charge in [0, 0.05) is 10.9 Å². The Kier molecular flexibility index (Phi) is 5.94. The fourth-order valence-electron chi connectivity index (χ4n) is 1.34. The molecule has 0 spiro atoms. The molecule has 4 heteroatoms. The molecule has 0 aliphatic heterocycles. The number of thiophene rings is 1. The second kappa shape index (κ2) is 6.72. The molecular formula is C10H16ClNS2. The van der Waals surface area contributed by atoms with Crippen LogP contribution < -0.4 is 5.32 Å². The summed E-state index contributed by atoms with van der Waals surface area (Å²) in [6.07, 6.45) is 3.32. The quantitative estimate of drug-likeness (QED) is 0.823. The Labute approximate surface area is 99.2 Å². The van der Waals surface area contributed by atoms with Gasteiger partial charge < -0.3 is 5.32 Å². The number of thioether (sulfide) groups is 1. The highest BCUT2D eigenvalue weighted by Crippen LogP contribution is 2.29. The van der Waals surface area contributed by atoms with Gasteiger partial charge in [0.2, 0.25) is 0 Å². The molecule has 1 aromatic heterocycles. The minimum Gasteiger partial charge on any atom is -0.309 e. The lowest BCUT2D eigenvalue weighted by Crippen LogP contribution is -2.20. The van der Waals surface area contributed by atoms with E-state index in [1.54, 1.807) is 11.3 Å². The molecule has 1 aromatic rings. The minimum atomic E-state index is 0.477. The zero-order valence-corrected chi connectivity index (χ0v) is 10.9. The van der Waals surface area contributed by atoms with Crippen LogP contribution in [0.15, 0.2) is 12.1 Å². The van der Waals surface area contributed by atoms with Gasteiger partial charge in [0.25, 0.3) is 0 Å². The standard InChI is InChI=1S/C10H16ClNS2/c1-3-12-8(6-7-13-2)9-4-5-10(11)14-9/h4-5,8,12H,3,6-7H2,1-2H3. The van der Waals surface area contributed by atoms with Crippen molar-refractivity contribution < 1.29 is 0 Å². The molecule has 1 N–H and O–H groups in total. The van der Waals surface area contributed by atoms with Crippen LogP contribution in [0.4, 0.5) is 0 Å². The topological polar surface area (TPSA) is 12.0 Å². The van der Waals surface area contributed by atoms with Crippen molar-refractivity contribution in [2.45, 2.75) is 19.4 Å². The molecule has 1 unspecified atom stereocenters. The Morgan fingerprint density at radius 3 is 2.86 bits per heavy atom. The summed E-state index contributed by atoms with van der Waals surface area (Å²) < 4.78 is 0.882. The molecule has 80 valence electrons. The van der Waals surface area contributed by atoms with Gasteiger partial charge in [-0.3, -0.25) is 0 Å². The monoisotopic (exact) mass is 249 g/mol. The molecule has 0 fully saturated rings. The zero-order valence-electron chi connectivity index (χ0n) is 8.55. The highest BCUT2D eigenvalue weighted by atomic mass is 35.5. The molecule has 0 saturated carbocycles. The first-order valence-electron chi connectivity index (χ1n) is 4.75. The van der Waals surface area contributed by atoms with Crippen LogP contribution in [0.3, 0.4) is 0 Å². The second-order valence-corrected chi connectivity index (χ2v) is 5.77. The fraction of sp³-hybridized carbons (Fsp3) is 0.600. The highest BCUT2D eigenvalue weighted by molar-refractivity contribution is 7.98. The van der Waals surface area contributed by atoms with Crippen LogP contribution in [-0.2, 0) is 0 Å². The van der Waals surface area contributed by atoms with Crippen LogP contribution in [-0.4, -0.2) is 18.6 Å². The van der Waals surface area contributed by atoms with E-state index in [0.29, 0.717) is 6.04 Å². The van der Waals surface area contributed by atoms with Gasteiger partial charge in [0.15, 0.2) is 0 Å². The van der Waals surface area contributed by atoms with E-state index in [1.807, 2.05) is 17.8 Å². The number of nitrogens with one attached hydrogen (secondary N) is 1. The van der Waals surface area contributed by atoms with Gasteiger partial charge in [-0.15, -0.1) is 11.3 Å². The number of hydrogen-bond donors (Lipinski definition) is 1. The maximum Gasteiger partial charge on any atom is 0.0931 e. The van der Waals surface area contributed by atoms with Crippen LogP contribution in [0.2, 0.25) is 4.34 Å². The molecular weight excluding hydrogens is 234 g/mol. The Morgan fingerprint density at radius 1 is 1.57 bits per heavy atom. The molecule has 1 nitrogen and oxygen atoms in total. The third kappa shape index (κ3) is 3.81. The average Bonchev–Trinajstić information content (AvgIpc) is 2.59. The molecule has 1 atom stereocenters. The van der Waals surface area contributed by atoms with Gasteiger partial charge in [0.1, 0.15) is 0 Å². The van der Waals surface area contributed by atoms with E-state index in [0.717, 1.165) is 10.9 Å². The highest BCUT2D eigenvalue weighted by Gasteiger charge is 2.11. The first-order valence-corrected chi connectivity index (χ1v) is 7.34. The summed E-state index contributed by atoms with van der Waals surface area (Å²) in [4.78, 5) is 1.35. The molecule has 0 aliphatic carbocycles. The van der Waals surface area contributed by atoms with Crippen molar-refractivity contribution in [2.24, 2.45) is 0 Å². The first kappa shape index (κ1) is 12.4. The van der Waals surface area contributed by atoms with Crippen molar-refractivity contribution >= 4 is 34.7 Å². The fourth-order valence-corrected chi connectivity index (χ4v) is 2.99. The van der Waals surface area contributed by atoms with Gasteiger partial charge in [-0.1, -0.05) is 18.5 Å². The van der Waals surface area contributed by atoms with Gasteiger partial charge in [-0.2, -0.15) is 11.8 Å². The maximum absolute atomic E-state index is 5.92. The summed E-state index contributed by atoms with van der Waals surface area (Å²) in [5, 5.41) is 3.49. The summed E-state index contributed by atoms with van der Waals surface area (Å²) in [6, 6.07) is 4.58. The molecule has 0 bridgehead atoms. The van der Waals surface area contributed by atoms with E-state index < -0.39 is 0 Å². The lowest BCUT2D eigenvalue weighted by molar-refractivity contribution is 0.549. The van der Waals surface area contributed by atoms with Crippen molar-refractivity contribution in [1.29, 1.82) is 0 Å². The predicted octanol–water partition coefficient (Wildman–Crippen LogP) is 3.81. The van der Waals surface area contributed by atoms with Crippen molar-refractivity contribution in [3.8, 4) is 0 Å². The van der Waals surface area contributed by atoms with Gasteiger partial charge in [-0.05, 0) is 37.1 Å². The molecule has 1 rings (SSSR count). The SMILES string of the molecule is CCNC(CCSC)c1ccc(Cl)s1. The Bertz CT molecular complexity index is 262. The summed E-state index contributed by atoms with van der Waals surface area (Å²) >= 11 is 9.49. The molecule has 0 amide bonds. The van der Waals surface area contributed by atoms with Crippen LogP contribution in [0.5, 0.6) is 0 Å². The molecule has 0 aliphatic rings. The van der Waals surface area contributed by atoms with E-state index in [9.17, 15) is 0 Å². The Morgan fingerprint density at radius 2 is 2.36 bits per heavy atom. The van der Waals surface area contributed by atoms with E-state index in [2.05, 4.69) is 24.6 Å². The zero-order chi connectivity index (χ0) is 10.4. The summed E-state index contributed by atoms with van der Waals surface area (Å²) in [5.41, 5.74) is 0. The van der Waals surface area contributed by atoms with Crippen LogP contribution >= 0.6 is 34.7 Å². The smallest absolute Gasteiger partial charge is 0.0931 e. The molecule has 0 saturated heterocycles. The van der Waals surface area contributed by atoms with E-state index in [1.165, 1.54) is 17.1 Å². The Hall–Kier alpha value is 0.300. The summed E-state index contributed by atoms with van der Waals surface area (Å²) in [6.45, 7) is 3.15. The van der Waals surface area contributed by atoms with Gasteiger partial charge >= 0.3 is 0 Å². The van der Waals surface area contributed by atoms with Gasteiger partial charge in [-0.25, -0.2) is 0 Å². The van der Waals surface area contributed by atoms with E-state index in [-0.39, 0.29) is 0 Å². The largest absolute Gasteiger partial charge is 0.309 e. The maximum atomic E-state index is 5.92. The van der Waals surface area contributed by atoms with Crippen molar-refractivity contribution in [3.05, 3.63) is 21.3 Å². The molecule has 1 heterocycles. The molecule has 14 heavy (non-hydrogen) atoms. The average molecular weight is 250 g/mol. The minimum absolute atomic E-state index is 0.477. The molecule has 0 radical (unpaired) electrons. The number of hydrogen-bond acceptors (Lipinski definition) is 3. The van der Waals surface area contributed by atoms with E-state index >= 15 is 0 Å². The van der Waals surface area contributed by atoms with Crippen molar-refractivity contribution in [3.63, 3.8) is 0 Å². The van der Waals surface area contributed by atoms with Crippen molar-refractivity contribution in [1.82, 2.24) is 5.32 Å². The normalized spacial score (nSPS) is 13.1.